The van der Waals surface area contributed by atoms with E-state index in [4.69, 9.17) is 16.3 Å². The zero-order valence-corrected chi connectivity index (χ0v) is 14.6. The highest BCUT2D eigenvalue weighted by molar-refractivity contribution is 7.95. The van der Waals surface area contributed by atoms with E-state index in [9.17, 15) is 18.0 Å². The monoisotopic (exact) mass is 371 g/mol. The molecule has 0 saturated heterocycles. The smallest absolute Gasteiger partial charge is 0.306 e. The van der Waals surface area contributed by atoms with Gasteiger partial charge in [0.05, 0.1) is 0 Å². The minimum atomic E-state index is -3.84. The van der Waals surface area contributed by atoms with E-state index in [2.05, 4.69) is 0 Å². The van der Waals surface area contributed by atoms with E-state index in [0.29, 0.717) is 19.3 Å². The largest absolute Gasteiger partial charge is 0.461 e. The third kappa shape index (κ3) is 4.82. The molecule has 1 aliphatic rings. The van der Waals surface area contributed by atoms with Gasteiger partial charge in [-0.2, -0.15) is 0 Å². The number of amides is 1. The first-order valence-electron chi connectivity index (χ1n) is 7.55. The van der Waals surface area contributed by atoms with E-state index in [1.165, 1.54) is 0 Å². The van der Waals surface area contributed by atoms with Gasteiger partial charge in [-0.05, 0) is 18.4 Å². The van der Waals surface area contributed by atoms with Crippen LogP contribution in [0.5, 0.6) is 0 Å². The Kier molecular flexibility index (Phi) is 6.39. The average Bonchev–Trinajstić information content (AvgIpc) is 2.75. The Morgan fingerprint density at radius 1 is 1.12 bits per heavy atom. The van der Waals surface area contributed by atoms with Gasteiger partial charge < -0.3 is 4.74 Å². The summed E-state index contributed by atoms with van der Waals surface area (Å²) >= 11 is 5.51. The zero-order valence-electron chi connectivity index (χ0n) is 13.0. The highest BCUT2D eigenvalue weighted by Gasteiger charge is 2.35. The van der Waals surface area contributed by atoms with Crippen molar-refractivity contribution in [1.82, 2.24) is 4.31 Å². The highest BCUT2D eigenvalue weighted by Crippen LogP contribution is 2.25. The number of sulfonamides is 1. The molecule has 8 heteroatoms. The Hall–Kier alpha value is -1.86. The number of hydrogen-bond acceptors (Lipinski definition) is 5. The number of nitrogens with zero attached hydrogens (tertiary/aromatic N) is 1. The second-order valence-corrected chi connectivity index (χ2v) is 7.78. The van der Waals surface area contributed by atoms with Crippen molar-refractivity contribution < 1.29 is 22.7 Å². The number of unbranched alkanes of at least 4 members (excludes halogenated alkanes) is 2. The lowest BCUT2D eigenvalue weighted by molar-refractivity contribution is -0.145. The van der Waals surface area contributed by atoms with E-state index < -0.39 is 20.3 Å². The summed E-state index contributed by atoms with van der Waals surface area (Å²) in [4.78, 5) is 23.1. The number of esters is 1. The maximum atomic E-state index is 11.7. The van der Waals surface area contributed by atoms with Crippen LogP contribution in [0.1, 0.15) is 31.2 Å². The van der Waals surface area contributed by atoms with Gasteiger partial charge in [-0.1, -0.05) is 48.4 Å². The lowest BCUT2D eigenvalue weighted by Crippen LogP contribution is -2.31. The molecule has 0 aliphatic carbocycles. The van der Waals surface area contributed by atoms with Crippen molar-refractivity contribution >= 4 is 33.5 Å². The summed E-state index contributed by atoms with van der Waals surface area (Å²) in [6.45, 7) is 0.303. The minimum absolute atomic E-state index is 0.0625. The van der Waals surface area contributed by atoms with Gasteiger partial charge in [-0.15, -0.1) is 0 Å². The van der Waals surface area contributed by atoms with Crippen LogP contribution >= 0.6 is 11.6 Å². The summed E-state index contributed by atoms with van der Waals surface area (Å²) in [5, 5.41) is 0. The van der Waals surface area contributed by atoms with Crippen molar-refractivity contribution in [2.45, 2.75) is 32.3 Å². The SMILES string of the molecule is O=C(CCCCCN1C(=O)C=C(Cl)S1(=O)=O)OCc1ccccc1. The average molecular weight is 372 g/mol. The maximum Gasteiger partial charge on any atom is 0.306 e. The van der Waals surface area contributed by atoms with Gasteiger partial charge in [0.15, 0.2) is 4.36 Å². The molecule has 1 aromatic carbocycles. The molecule has 1 aliphatic heterocycles. The van der Waals surface area contributed by atoms with Crippen molar-refractivity contribution in [3.63, 3.8) is 0 Å². The molecular weight excluding hydrogens is 354 g/mol. The van der Waals surface area contributed by atoms with E-state index in [0.717, 1.165) is 15.9 Å². The van der Waals surface area contributed by atoms with Gasteiger partial charge in [-0.25, -0.2) is 12.7 Å². The summed E-state index contributed by atoms with van der Waals surface area (Å²) in [6.07, 6.45) is 2.80. The number of halogens is 1. The molecule has 0 unspecified atom stereocenters. The fourth-order valence-electron chi connectivity index (χ4n) is 2.21. The highest BCUT2D eigenvalue weighted by atomic mass is 35.5. The Morgan fingerprint density at radius 2 is 1.83 bits per heavy atom. The van der Waals surface area contributed by atoms with Gasteiger partial charge in [0, 0.05) is 19.0 Å². The van der Waals surface area contributed by atoms with E-state index in [-0.39, 0.29) is 25.5 Å². The molecule has 0 aromatic heterocycles. The van der Waals surface area contributed by atoms with E-state index in [1.807, 2.05) is 30.3 Å². The molecule has 24 heavy (non-hydrogen) atoms. The summed E-state index contributed by atoms with van der Waals surface area (Å²) in [6, 6.07) is 9.38. The van der Waals surface area contributed by atoms with Crippen LogP contribution in [0.4, 0.5) is 0 Å². The lowest BCUT2D eigenvalue weighted by atomic mass is 10.2. The fraction of sp³-hybridized carbons (Fsp3) is 0.375. The Balaban J connectivity index is 1.62. The molecule has 0 saturated carbocycles. The Labute approximate surface area is 146 Å². The van der Waals surface area contributed by atoms with Crippen molar-refractivity contribution in [3.8, 4) is 0 Å². The van der Waals surface area contributed by atoms with Crippen LogP contribution in [-0.4, -0.2) is 31.1 Å². The third-order valence-corrected chi connectivity index (χ3v) is 5.75. The first-order chi connectivity index (χ1) is 11.4. The second-order valence-electron chi connectivity index (χ2n) is 5.32. The van der Waals surface area contributed by atoms with Crippen molar-refractivity contribution in [3.05, 3.63) is 46.3 Å². The summed E-state index contributed by atoms with van der Waals surface area (Å²) in [5.41, 5.74) is 0.924. The predicted molar refractivity (Wildman–Crippen MR) is 89.3 cm³/mol. The third-order valence-electron chi connectivity index (χ3n) is 3.50. The second kappa shape index (κ2) is 8.30. The normalized spacial score (nSPS) is 16.1. The molecular formula is C16H18ClNO5S. The quantitative estimate of drug-likeness (QED) is 0.518. The topological polar surface area (TPSA) is 80.8 Å². The molecule has 0 spiro atoms. The van der Waals surface area contributed by atoms with Gasteiger partial charge in [-0.3, -0.25) is 9.59 Å². The summed E-state index contributed by atoms with van der Waals surface area (Å²) in [7, 11) is -3.84. The molecule has 0 atom stereocenters. The molecule has 0 bridgehead atoms. The van der Waals surface area contributed by atoms with Crippen molar-refractivity contribution in [1.29, 1.82) is 0 Å². The number of benzene rings is 1. The van der Waals surface area contributed by atoms with Gasteiger partial charge in [0.25, 0.3) is 15.9 Å². The molecule has 1 amide bonds. The van der Waals surface area contributed by atoms with E-state index >= 15 is 0 Å². The van der Waals surface area contributed by atoms with Crippen LogP contribution in [0.3, 0.4) is 0 Å². The molecule has 0 fully saturated rings. The molecule has 6 nitrogen and oxygen atoms in total. The lowest BCUT2D eigenvalue weighted by Gasteiger charge is -2.14. The van der Waals surface area contributed by atoms with Crippen LogP contribution in [0.2, 0.25) is 0 Å². The first-order valence-corrected chi connectivity index (χ1v) is 9.36. The molecule has 0 N–H and O–H groups in total. The van der Waals surface area contributed by atoms with Crippen LogP contribution < -0.4 is 0 Å². The van der Waals surface area contributed by atoms with Crippen LogP contribution in [0.25, 0.3) is 0 Å². The van der Waals surface area contributed by atoms with Crippen LogP contribution in [-0.2, 0) is 31.0 Å². The molecule has 2 rings (SSSR count). The van der Waals surface area contributed by atoms with E-state index in [1.54, 1.807) is 0 Å². The Morgan fingerprint density at radius 3 is 2.46 bits per heavy atom. The Bertz CT molecular complexity index is 730. The molecule has 1 aromatic rings. The fourth-order valence-corrected chi connectivity index (χ4v) is 3.67. The minimum Gasteiger partial charge on any atom is -0.461 e. The number of carbonyl (C=O) groups excluding carboxylic acids is 2. The van der Waals surface area contributed by atoms with Crippen LogP contribution in [0.15, 0.2) is 40.8 Å². The molecule has 130 valence electrons. The maximum absolute atomic E-state index is 11.7. The van der Waals surface area contributed by atoms with Gasteiger partial charge >= 0.3 is 5.97 Å². The summed E-state index contributed by atoms with van der Waals surface area (Å²) < 4.78 is 28.9. The standard InChI is InChI=1S/C16H18ClNO5S/c17-14-11-15(19)18(24(14,21)22)10-6-2-5-9-16(20)23-12-13-7-3-1-4-8-13/h1,3-4,7-8,11H,2,5-6,9-10,12H2. The van der Waals surface area contributed by atoms with Crippen molar-refractivity contribution in [2.75, 3.05) is 6.54 Å². The number of rotatable bonds is 8. The number of ether oxygens (including phenoxy) is 1. The summed E-state index contributed by atoms with van der Waals surface area (Å²) in [5.74, 6) is -0.921. The number of hydrogen-bond donors (Lipinski definition) is 0. The predicted octanol–water partition coefficient (Wildman–Crippen LogP) is 2.54. The molecule has 1 heterocycles. The zero-order chi connectivity index (χ0) is 17.6. The first kappa shape index (κ1) is 18.5. The van der Waals surface area contributed by atoms with Gasteiger partial charge in [0.2, 0.25) is 0 Å². The number of carbonyl (C=O) groups is 2. The van der Waals surface area contributed by atoms with Crippen LogP contribution in [0, 0.1) is 0 Å². The molecule has 0 radical (unpaired) electrons. The van der Waals surface area contributed by atoms with Crippen molar-refractivity contribution in [2.24, 2.45) is 0 Å². The van der Waals surface area contributed by atoms with Gasteiger partial charge in [0.1, 0.15) is 6.61 Å².